The van der Waals surface area contributed by atoms with Crippen molar-refractivity contribution in [2.45, 2.75) is 6.92 Å². The number of hydrogen-bond donors (Lipinski definition) is 1. The van der Waals surface area contributed by atoms with Crippen LogP contribution in [0.1, 0.15) is 5.56 Å². The van der Waals surface area contributed by atoms with Crippen LogP contribution < -0.4 is 5.73 Å². The molecule has 2 aromatic carbocycles. The van der Waals surface area contributed by atoms with Crippen LogP contribution in [0.5, 0.6) is 0 Å². The molecule has 3 rings (SSSR count). The van der Waals surface area contributed by atoms with Crippen molar-refractivity contribution in [1.29, 1.82) is 0 Å². The highest BCUT2D eigenvalue weighted by Crippen LogP contribution is 2.29. The smallest absolute Gasteiger partial charge is 0.188 e. The molecule has 0 unspecified atom stereocenters. The fourth-order valence-electron chi connectivity index (χ4n) is 2.03. The number of nitrogens with zero attached hydrogens (tertiary/aromatic N) is 4. The molecule has 0 bridgehead atoms. The van der Waals surface area contributed by atoms with Crippen LogP contribution in [-0.4, -0.2) is 20.2 Å². The Morgan fingerprint density at radius 3 is 2.75 bits per heavy atom. The van der Waals surface area contributed by atoms with Gasteiger partial charge in [-0.2, -0.15) is 4.68 Å². The van der Waals surface area contributed by atoms with Gasteiger partial charge in [-0.05, 0) is 47.2 Å². The molecule has 0 fully saturated rings. The second-order valence-corrected chi connectivity index (χ2v) is 4.85. The van der Waals surface area contributed by atoms with E-state index in [1.54, 1.807) is 22.9 Å². The highest BCUT2D eigenvalue weighted by Gasteiger charge is 2.15. The van der Waals surface area contributed by atoms with E-state index in [1.165, 1.54) is 0 Å². The minimum absolute atomic E-state index is 0.559. The van der Waals surface area contributed by atoms with Crippen molar-refractivity contribution in [2.75, 3.05) is 5.73 Å². The van der Waals surface area contributed by atoms with Crippen LogP contribution in [-0.2, 0) is 0 Å². The van der Waals surface area contributed by atoms with E-state index in [4.69, 9.17) is 17.3 Å². The Labute approximate surface area is 121 Å². The molecule has 0 spiro atoms. The normalized spacial score (nSPS) is 10.7. The number of aromatic nitrogens is 4. The number of tetrazole rings is 1. The van der Waals surface area contributed by atoms with Gasteiger partial charge in [-0.3, -0.25) is 0 Å². The lowest BCUT2D eigenvalue weighted by Crippen LogP contribution is -2.02. The van der Waals surface area contributed by atoms with Crippen molar-refractivity contribution in [3.8, 4) is 17.1 Å². The summed E-state index contributed by atoms with van der Waals surface area (Å²) < 4.78 is 1.66. The van der Waals surface area contributed by atoms with Gasteiger partial charge in [0.15, 0.2) is 5.82 Å². The summed E-state index contributed by atoms with van der Waals surface area (Å²) in [7, 11) is 0. The van der Waals surface area contributed by atoms with Crippen molar-refractivity contribution in [1.82, 2.24) is 20.2 Å². The molecular weight excluding hydrogens is 274 g/mol. The Bertz CT molecular complexity index is 766. The molecule has 0 saturated carbocycles. The van der Waals surface area contributed by atoms with E-state index in [1.807, 2.05) is 31.2 Å². The molecule has 6 heteroatoms. The summed E-state index contributed by atoms with van der Waals surface area (Å²) in [6.07, 6.45) is 0. The average Bonchev–Trinajstić information content (AvgIpc) is 2.91. The quantitative estimate of drug-likeness (QED) is 0.735. The molecular formula is C14H12ClN5. The molecule has 3 aromatic rings. The maximum absolute atomic E-state index is 6.22. The molecule has 0 saturated heterocycles. The second-order valence-electron chi connectivity index (χ2n) is 4.44. The first kappa shape index (κ1) is 12.6. The number of rotatable bonds is 2. The number of benzene rings is 2. The van der Waals surface area contributed by atoms with Crippen LogP contribution in [0.25, 0.3) is 17.1 Å². The van der Waals surface area contributed by atoms with E-state index in [2.05, 4.69) is 15.5 Å². The molecule has 5 nitrogen and oxygen atoms in total. The van der Waals surface area contributed by atoms with E-state index in [0.29, 0.717) is 22.1 Å². The minimum atomic E-state index is 0.559. The largest absolute Gasteiger partial charge is 0.399 e. The van der Waals surface area contributed by atoms with E-state index in [0.717, 1.165) is 11.3 Å². The lowest BCUT2D eigenvalue weighted by molar-refractivity contribution is 0.787. The molecule has 0 aliphatic heterocycles. The molecule has 0 aliphatic rings. The van der Waals surface area contributed by atoms with Crippen LogP contribution in [0.15, 0.2) is 42.5 Å². The van der Waals surface area contributed by atoms with Gasteiger partial charge < -0.3 is 5.73 Å². The van der Waals surface area contributed by atoms with E-state index in [9.17, 15) is 0 Å². The lowest BCUT2D eigenvalue weighted by Gasteiger charge is -2.09. The van der Waals surface area contributed by atoms with Gasteiger partial charge in [0.2, 0.25) is 0 Å². The van der Waals surface area contributed by atoms with Gasteiger partial charge in [0.05, 0.1) is 10.7 Å². The first-order valence-electron chi connectivity index (χ1n) is 6.06. The zero-order valence-electron chi connectivity index (χ0n) is 10.8. The molecule has 20 heavy (non-hydrogen) atoms. The van der Waals surface area contributed by atoms with E-state index >= 15 is 0 Å². The predicted molar refractivity (Wildman–Crippen MR) is 78.7 cm³/mol. The van der Waals surface area contributed by atoms with Crippen LogP contribution in [0, 0.1) is 6.92 Å². The second kappa shape index (κ2) is 4.94. The third-order valence-electron chi connectivity index (χ3n) is 3.04. The number of nitrogen functional groups attached to an aromatic ring is 1. The fraction of sp³-hybridized carbons (Fsp3) is 0.0714. The number of anilines is 1. The van der Waals surface area contributed by atoms with Crippen LogP contribution in [0.2, 0.25) is 5.02 Å². The fourth-order valence-corrected chi connectivity index (χ4v) is 2.23. The number of para-hydroxylation sites is 1. The third-order valence-corrected chi connectivity index (χ3v) is 3.37. The van der Waals surface area contributed by atoms with Crippen LogP contribution in [0.3, 0.4) is 0 Å². The van der Waals surface area contributed by atoms with Crippen molar-refractivity contribution in [3.05, 3.63) is 53.1 Å². The summed E-state index contributed by atoms with van der Waals surface area (Å²) in [6.45, 7) is 2.00. The first-order valence-corrected chi connectivity index (χ1v) is 6.44. The zero-order valence-corrected chi connectivity index (χ0v) is 11.5. The third kappa shape index (κ3) is 2.12. The SMILES string of the molecule is Cc1ccccc1-n1nnnc1-c1cc(N)ccc1Cl. The average molecular weight is 286 g/mol. The number of aryl methyl sites for hydroxylation is 1. The Kier molecular flexibility index (Phi) is 3.12. The topological polar surface area (TPSA) is 69.6 Å². The van der Waals surface area contributed by atoms with Crippen molar-refractivity contribution in [2.24, 2.45) is 0 Å². The highest BCUT2D eigenvalue weighted by atomic mass is 35.5. The van der Waals surface area contributed by atoms with Crippen molar-refractivity contribution in [3.63, 3.8) is 0 Å². The first-order chi connectivity index (χ1) is 9.66. The summed E-state index contributed by atoms with van der Waals surface area (Å²) in [5.74, 6) is 0.566. The summed E-state index contributed by atoms with van der Waals surface area (Å²) in [5.41, 5.74) is 9.12. The molecule has 0 atom stereocenters. The van der Waals surface area contributed by atoms with Gasteiger partial charge in [-0.25, -0.2) is 0 Å². The van der Waals surface area contributed by atoms with Gasteiger partial charge in [-0.15, -0.1) is 5.10 Å². The maximum Gasteiger partial charge on any atom is 0.188 e. The number of hydrogen-bond acceptors (Lipinski definition) is 4. The van der Waals surface area contributed by atoms with Gasteiger partial charge in [0.25, 0.3) is 0 Å². The van der Waals surface area contributed by atoms with Gasteiger partial charge >= 0.3 is 0 Å². The van der Waals surface area contributed by atoms with Crippen LogP contribution >= 0.6 is 11.6 Å². The van der Waals surface area contributed by atoms with Crippen molar-refractivity contribution >= 4 is 17.3 Å². The standard InChI is InChI=1S/C14H12ClN5/c1-9-4-2-3-5-13(9)20-14(17-18-19-20)11-8-10(16)6-7-12(11)15/h2-8H,16H2,1H3. The maximum atomic E-state index is 6.22. The summed E-state index contributed by atoms with van der Waals surface area (Å²) in [4.78, 5) is 0. The molecule has 0 aliphatic carbocycles. The van der Waals surface area contributed by atoms with Gasteiger partial charge in [0, 0.05) is 11.3 Å². The Morgan fingerprint density at radius 2 is 1.95 bits per heavy atom. The van der Waals surface area contributed by atoms with E-state index in [-0.39, 0.29) is 0 Å². The molecule has 1 heterocycles. The molecule has 0 radical (unpaired) electrons. The number of nitrogens with two attached hydrogens (primary N) is 1. The highest BCUT2D eigenvalue weighted by molar-refractivity contribution is 6.33. The minimum Gasteiger partial charge on any atom is -0.399 e. The zero-order chi connectivity index (χ0) is 14.1. The Morgan fingerprint density at radius 1 is 1.15 bits per heavy atom. The van der Waals surface area contributed by atoms with Crippen molar-refractivity contribution < 1.29 is 0 Å². The molecule has 100 valence electrons. The van der Waals surface area contributed by atoms with Gasteiger partial charge in [-0.1, -0.05) is 29.8 Å². The van der Waals surface area contributed by atoms with Gasteiger partial charge in [0.1, 0.15) is 0 Å². The summed E-state index contributed by atoms with van der Waals surface area (Å²) >= 11 is 6.22. The Balaban J connectivity index is 2.21. The molecule has 1 aromatic heterocycles. The van der Waals surface area contributed by atoms with Crippen LogP contribution in [0.4, 0.5) is 5.69 Å². The molecule has 2 N–H and O–H groups in total. The lowest BCUT2D eigenvalue weighted by atomic mass is 10.1. The predicted octanol–water partition coefficient (Wildman–Crippen LogP) is 2.87. The monoisotopic (exact) mass is 285 g/mol. The summed E-state index contributed by atoms with van der Waals surface area (Å²) in [5, 5.41) is 12.4. The summed E-state index contributed by atoms with van der Waals surface area (Å²) in [6, 6.07) is 13.1. The Hall–Kier alpha value is -2.40. The number of halogens is 1. The molecule has 0 amide bonds. The van der Waals surface area contributed by atoms with E-state index < -0.39 is 0 Å².